The zero-order valence-corrected chi connectivity index (χ0v) is 5.73. The summed E-state index contributed by atoms with van der Waals surface area (Å²) in [7, 11) is 3.42. The van der Waals surface area contributed by atoms with Crippen molar-refractivity contribution in [3.8, 4) is 0 Å². The van der Waals surface area contributed by atoms with Crippen LogP contribution in [0.15, 0.2) is 4.99 Å². The molecule has 0 fully saturated rings. The molecule has 54 valence electrons. The van der Waals surface area contributed by atoms with E-state index in [9.17, 15) is 0 Å². The lowest BCUT2D eigenvalue weighted by molar-refractivity contribution is 0.558. The Morgan fingerprint density at radius 3 is 2.67 bits per heavy atom. The quantitative estimate of drug-likeness (QED) is 0.207. The Kier molecular flexibility index (Phi) is 5.09. The third-order valence-electron chi connectivity index (χ3n) is 0.795. The summed E-state index contributed by atoms with van der Waals surface area (Å²) in [5.41, 5.74) is 13.3. The van der Waals surface area contributed by atoms with Gasteiger partial charge in [0.1, 0.15) is 5.84 Å². The third kappa shape index (κ3) is 3.89. The number of nitrogens with zero attached hydrogens (tertiary/aromatic N) is 1. The number of amidine groups is 1. The summed E-state index contributed by atoms with van der Waals surface area (Å²) < 4.78 is 0. The molecule has 0 unspecified atom stereocenters. The standard InChI is InChI=1S/C4H13N5/c1-6-4(3-5)8-9-7-2/h7,9H,3,5H2,1-2H3,(H,6,8). The summed E-state index contributed by atoms with van der Waals surface area (Å²) >= 11 is 0. The molecule has 0 saturated heterocycles. The predicted octanol–water partition coefficient (Wildman–Crippen LogP) is -1.80. The largest absolute Gasteiger partial charge is 0.324 e. The summed E-state index contributed by atoms with van der Waals surface area (Å²) in [6, 6.07) is 0. The minimum Gasteiger partial charge on any atom is -0.324 e. The zero-order chi connectivity index (χ0) is 7.11. The van der Waals surface area contributed by atoms with E-state index in [0.29, 0.717) is 12.4 Å². The second-order valence-electron chi connectivity index (χ2n) is 1.37. The van der Waals surface area contributed by atoms with E-state index in [0.717, 1.165) is 0 Å². The van der Waals surface area contributed by atoms with Crippen LogP contribution in [0.3, 0.4) is 0 Å². The minimum atomic E-state index is 0.408. The van der Waals surface area contributed by atoms with Crippen LogP contribution >= 0.6 is 0 Å². The van der Waals surface area contributed by atoms with E-state index in [1.165, 1.54) is 0 Å². The lowest BCUT2D eigenvalue weighted by Crippen LogP contribution is -2.47. The van der Waals surface area contributed by atoms with Gasteiger partial charge in [-0.05, 0) is 0 Å². The summed E-state index contributed by atoms with van der Waals surface area (Å²) in [6.45, 7) is 0.408. The van der Waals surface area contributed by atoms with Crippen molar-refractivity contribution in [1.29, 1.82) is 0 Å². The van der Waals surface area contributed by atoms with E-state index in [2.05, 4.69) is 21.4 Å². The van der Waals surface area contributed by atoms with Crippen LogP contribution in [-0.2, 0) is 0 Å². The molecule has 0 heterocycles. The zero-order valence-electron chi connectivity index (χ0n) is 5.73. The van der Waals surface area contributed by atoms with Gasteiger partial charge in [0.15, 0.2) is 0 Å². The Labute approximate surface area is 54.7 Å². The van der Waals surface area contributed by atoms with Gasteiger partial charge in [0, 0.05) is 14.1 Å². The van der Waals surface area contributed by atoms with Crippen LogP contribution < -0.4 is 22.1 Å². The lowest BCUT2D eigenvalue weighted by Gasteiger charge is -2.05. The molecule has 0 aromatic carbocycles. The lowest BCUT2D eigenvalue weighted by atomic mass is 10.6. The molecule has 5 heteroatoms. The van der Waals surface area contributed by atoms with Crippen molar-refractivity contribution in [2.75, 3.05) is 20.6 Å². The Balaban J connectivity index is 3.33. The number of hydrogen-bond acceptors (Lipinski definition) is 4. The van der Waals surface area contributed by atoms with Gasteiger partial charge >= 0.3 is 0 Å². The van der Waals surface area contributed by atoms with Crippen LogP contribution in [-0.4, -0.2) is 26.5 Å². The van der Waals surface area contributed by atoms with Crippen LogP contribution in [0.25, 0.3) is 0 Å². The SMILES string of the molecule is CN=C(CN)NNNC. The number of rotatable bonds is 3. The molecule has 0 rings (SSSR count). The monoisotopic (exact) mass is 131 g/mol. The van der Waals surface area contributed by atoms with Crippen LogP contribution in [0.4, 0.5) is 0 Å². The van der Waals surface area contributed by atoms with Gasteiger partial charge in [0.25, 0.3) is 0 Å². The van der Waals surface area contributed by atoms with Crippen molar-refractivity contribution < 1.29 is 0 Å². The number of nitrogens with one attached hydrogen (secondary N) is 3. The van der Waals surface area contributed by atoms with Gasteiger partial charge in [0.2, 0.25) is 0 Å². The summed E-state index contributed by atoms with van der Waals surface area (Å²) in [5.74, 6) is 0.712. The van der Waals surface area contributed by atoms with Gasteiger partial charge < -0.3 is 5.73 Å². The number of nitrogens with two attached hydrogens (primary N) is 1. The highest BCUT2D eigenvalue weighted by Gasteiger charge is 1.87. The highest BCUT2D eigenvalue weighted by Crippen LogP contribution is 1.60. The molecule has 5 N–H and O–H groups in total. The molecule has 0 aliphatic heterocycles. The fourth-order valence-corrected chi connectivity index (χ4v) is 0.333. The first-order valence-corrected chi connectivity index (χ1v) is 2.68. The molecule has 0 bridgehead atoms. The highest BCUT2D eigenvalue weighted by atomic mass is 15.6. The Hall–Kier alpha value is -0.650. The molecule has 0 amide bonds. The van der Waals surface area contributed by atoms with Crippen molar-refractivity contribution in [3.63, 3.8) is 0 Å². The molecular weight excluding hydrogens is 118 g/mol. The molecule has 5 nitrogen and oxygen atoms in total. The van der Waals surface area contributed by atoms with Crippen LogP contribution in [0.1, 0.15) is 0 Å². The van der Waals surface area contributed by atoms with E-state index in [-0.39, 0.29) is 0 Å². The summed E-state index contributed by atoms with van der Waals surface area (Å²) in [5, 5.41) is 0. The molecule has 0 saturated carbocycles. The first-order valence-electron chi connectivity index (χ1n) is 2.68. The molecule has 9 heavy (non-hydrogen) atoms. The van der Waals surface area contributed by atoms with E-state index >= 15 is 0 Å². The topological polar surface area (TPSA) is 74.5 Å². The molecule has 0 aliphatic rings. The van der Waals surface area contributed by atoms with Gasteiger partial charge in [-0.2, -0.15) is 5.53 Å². The molecule has 0 aromatic rings. The fraction of sp³-hybridized carbons (Fsp3) is 0.750. The van der Waals surface area contributed by atoms with E-state index in [1.54, 1.807) is 14.1 Å². The fourth-order valence-electron chi connectivity index (χ4n) is 0.333. The maximum absolute atomic E-state index is 5.26. The average Bonchev–Trinajstić information content (AvgIpc) is 1.91. The van der Waals surface area contributed by atoms with Crippen LogP contribution in [0.5, 0.6) is 0 Å². The van der Waals surface area contributed by atoms with E-state index in [1.807, 2.05) is 0 Å². The summed E-state index contributed by atoms with van der Waals surface area (Å²) in [6.07, 6.45) is 0. The van der Waals surface area contributed by atoms with Crippen molar-refractivity contribution in [2.45, 2.75) is 0 Å². The second-order valence-corrected chi connectivity index (χ2v) is 1.37. The third-order valence-corrected chi connectivity index (χ3v) is 0.795. The van der Waals surface area contributed by atoms with Gasteiger partial charge in [-0.3, -0.25) is 10.4 Å². The molecule has 0 spiro atoms. The number of hydrogen-bond donors (Lipinski definition) is 4. The average molecular weight is 131 g/mol. The Bertz CT molecular complexity index is 89.0. The van der Waals surface area contributed by atoms with Crippen LogP contribution in [0, 0.1) is 0 Å². The van der Waals surface area contributed by atoms with Crippen molar-refractivity contribution in [3.05, 3.63) is 0 Å². The molecule has 0 aliphatic carbocycles. The molecule has 0 radical (unpaired) electrons. The first-order chi connectivity index (χ1) is 4.35. The number of hydrazine groups is 2. The Morgan fingerprint density at radius 1 is 1.67 bits per heavy atom. The van der Waals surface area contributed by atoms with Crippen molar-refractivity contribution in [1.82, 2.24) is 16.4 Å². The molecule has 0 atom stereocenters. The smallest absolute Gasteiger partial charge is 0.125 e. The predicted molar refractivity (Wildman–Crippen MR) is 37.7 cm³/mol. The van der Waals surface area contributed by atoms with Gasteiger partial charge in [-0.1, -0.05) is 0 Å². The second kappa shape index (κ2) is 5.49. The summed E-state index contributed by atoms with van der Waals surface area (Å²) in [4.78, 5) is 3.82. The van der Waals surface area contributed by atoms with E-state index in [4.69, 9.17) is 5.73 Å². The van der Waals surface area contributed by atoms with Crippen LogP contribution in [0.2, 0.25) is 0 Å². The van der Waals surface area contributed by atoms with Crippen molar-refractivity contribution >= 4 is 5.84 Å². The maximum Gasteiger partial charge on any atom is 0.125 e. The molecule has 0 aromatic heterocycles. The van der Waals surface area contributed by atoms with Crippen molar-refractivity contribution in [2.24, 2.45) is 10.7 Å². The highest BCUT2D eigenvalue weighted by molar-refractivity contribution is 5.83. The van der Waals surface area contributed by atoms with Gasteiger partial charge in [0.05, 0.1) is 6.54 Å². The van der Waals surface area contributed by atoms with E-state index < -0.39 is 0 Å². The normalized spacial score (nSPS) is 11.7. The van der Waals surface area contributed by atoms with Gasteiger partial charge in [-0.15, -0.1) is 0 Å². The minimum absolute atomic E-state index is 0.408. The van der Waals surface area contributed by atoms with Gasteiger partial charge in [-0.25, -0.2) is 5.43 Å². The maximum atomic E-state index is 5.26. The molecular formula is C4H13N5. The first kappa shape index (κ1) is 8.35. The Morgan fingerprint density at radius 2 is 2.33 bits per heavy atom. The number of aliphatic imine (C=N–C) groups is 1.